The maximum absolute atomic E-state index is 3.31. The van der Waals surface area contributed by atoms with Crippen LogP contribution < -0.4 is 5.32 Å². The standard InChI is InChI=1S/C12H26N2/c1-10(13-3)8-11(2)14(4)9-12-6-5-7-12/h10-13H,5-9H2,1-4H3. The van der Waals surface area contributed by atoms with Crippen LogP contribution in [-0.4, -0.2) is 37.6 Å². The molecule has 2 nitrogen and oxygen atoms in total. The van der Waals surface area contributed by atoms with Crippen molar-refractivity contribution in [1.29, 1.82) is 0 Å². The van der Waals surface area contributed by atoms with Gasteiger partial charge < -0.3 is 10.2 Å². The number of rotatable bonds is 6. The van der Waals surface area contributed by atoms with Crippen LogP contribution in [0.4, 0.5) is 0 Å². The molecular formula is C12H26N2. The third kappa shape index (κ3) is 3.58. The highest BCUT2D eigenvalue weighted by Crippen LogP contribution is 2.27. The summed E-state index contributed by atoms with van der Waals surface area (Å²) >= 11 is 0. The van der Waals surface area contributed by atoms with Crippen LogP contribution in [0.15, 0.2) is 0 Å². The summed E-state index contributed by atoms with van der Waals surface area (Å²) in [5.41, 5.74) is 0. The molecule has 0 aromatic rings. The molecule has 1 aliphatic rings. The molecule has 0 aromatic carbocycles. The molecule has 1 rings (SSSR count). The van der Waals surface area contributed by atoms with Crippen molar-refractivity contribution in [3.05, 3.63) is 0 Å². The first-order valence-electron chi connectivity index (χ1n) is 6.01. The molecule has 1 fully saturated rings. The molecule has 0 bridgehead atoms. The summed E-state index contributed by atoms with van der Waals surface area (Å²) in [5, 5.41) is 3.31. The van der Waals surface area contributed by atoms with E-state index in [1.165, 1.54) is 32.2 Å². The molecule has 14 heavy (non-hydrogen) atoms. The lowest BCUT2D eigenvalue weighted by atomic mass is 9.85. The van der Waals surface area contributed by atoms with Gasteiger partial charge in [0.15, 0.2) is 0 Å². The van der Waals surface area contributed by atoms with Gasteiger partial charge in [-0.15, -0.1) is 0 Å². The zero-order valence-corrected chi connectivity index (χ0v) is 10.2. The van der Waals surface area contributed by atoms with Crippen LogP contribution in [0.1, 0.15) is 39.5 Å². The molecule has 2 atom stereocenters. The van der Waals surface area contributed by atoms with Gasteiger partial charge in [-0.1, -0.05) is 6.42 Å². The summed E-state index contributed by atoms with van der Waals surface area (Å²) in [6.07, 6.45) is 5.62. The molecule has 0 amide bonds. The quantitative estimate of drug-likeness (QED) is 0.703. The SMILES string of the molecule is CNC(C)CC(C)N(C)CC1CCC1. The van der Waals surface area contributed by atoms with Crippen molar-refractivity contribution in [2.24, 2.45) is 5.92 Å². The summed E-state index contributed by atoms with van der Waals surface area (Å²) < 4.78 is 0. The second-order valence-electron chi connectivity index (χ2n) is 5.01. The Morgan fingerprint density at radius 1 is 1.36 bits per heavy atom. The van der Waals surface area contributed by atoms with Crippen LogP contribution >= 0.6 is 0 Å². The van der Waals surface area contributed by atoms with Gasteiger partial charge in [0.2, 0.25) is 0 Å². The van der Waals surface area contributed by atoms with Crippen LogP contribution in [0.3, 0.4) is 0 Å². The van der Waals surface area contributed by atoms with E-state index in [9.17, 15) is 0 Å². The first-order chi connectivity index (χ1) is 6.63. The Morgan fingerprint density at radius 3 is 2.43 bits per heavy atom. The van der Waals surface area contributed by atoms with Crippen LogP contribution in [0, 0.1) is 5.92 Å². The molecule has 0 aliphatic heterocycles. The highest BCUT2D eigenvalue weighted by molar-refractivity contribution is 4.76. The van der Waals surface area contributed by atoms with Gasteiger partial charge in [-0.2, -0.15) is 0 Å². The van der Waals surface area contributed by atoms with Crippen molar-refractivity contribution in [2.45, 2.75) is 51.6 Å². The molecule has 0 radical (unpaired) electrons. The molecule has 0 spiro atoms. The van der Waals surface area contributed by atoms with Crippen molar-refractivity contribution >= 4 is 0 Å². The lowest BCUT2D eigenvalue weighted by molar-refractivity contribution is 0.158. The second-order valence-corrected chi connectivity index (χ2v) is 5.01. The molecule has 1 saturated carbocycles. The van der Waals surface area contributed by atoms with Crippen molar-refractivity contribution < 1.29 is 0 Å². The van der Waals surface area contributed by atoms with E-state index in [-0.39, 0.29) is 0 Å². The van der Waals surface area contributed by atoms with E-state index in [2.05, 4.69) is 31.1 Å². The van der Waals surface area contributed by atoms with Crippen LogP contribution in [-0.2, 0) is 0 Å². The Kier molecular flexibility index (Phi) is 4.90. The predicted molar refractivity (Wildman–Crippen MR) is 62.6 cm³/mol. The molecule has 1 aliphatic carbocycles. The summed E-state index contributed by atoms with van der Waals surface area (Å²) in [6, 6.07) is 1.34. The molecule has 1 N–H and O–H groups in total. The average molecular weight is 198 g/mol. The average Bonchev–Trinajstić information content (AvgIpc) is 2.10. The van der Waals surface area contributed by atoms with Gasteiger partial charge in [-0.25, -0.2) is 0 Å². The lowest BCUT2D eigenvalue weighted by Gasteiger charge is -2.34. The van der Waals surface area contributed by atoms with Gasteiger partial charge >= 0.3 is 0 Å². The van der Waals surface area contributed by atoms with Crippen molar-refractivity contribution in [1.82, 2.24) is 10.2 Å². The highest BCUT2D eigenvalue weighted by Gasteiger charge is 2.21. The Bertz CT molecular complexity index is 144. The van der Waals surface area contributed by atoms with E-state index in [1.54, 1.807) is 0 Å². The van der Waals surface area contributed by atoms with Gasteiger partial charge in [0.05, 0.1) is 0 Å². The smallest absolute Gasteiger partial charge is 0.00786 e. The first-order valence-corrected chi connectivity index (χ1v) is 6.01. The summed E-state index contributed by atoms with van der Waals surface area (Å²) in [5.74, 6) is 0.993. The van der Waals surface area contributed by atoms with E-state index in [4.69, 9.17) is 0 Å². The van der Waals surface area contributed by atoms with Gasteiger partial charge in [0.1, 0.15) is 0 Å². The summed E-state index contributed by atoms with van der Waals surface area (Å²) in [7, 11) is 4.31. The number of nitrogens with zero attached hydrogens (tertiary/aromatic N) is 1. The summed E-state index contributed by atoms with van der Waals surface area (Å²) in [6.45, 7) is 5.90. The van der Waals surface area contributed by atoms with Gasteiger partial charge in [0.25, 0.3) is 0 Å². The van der Waals surface area contributed by atoms with E-state index >= 15 is 0 Å². The normalized spacial score (nSPS) is 22.1. The van der Waals surface area contributed by atoms with Crippen molar-refractivity contribution in [3.8, 4) is 0 Å². The van der Waals surface area contributed by atoms with Gasteiger partial charge in [-0.05, 0) is 53.1 Å². The topological polar surface area (TPSA) is 15.3 Å². The van der Waals surface area contributed by atoms with Crippen molar-refractivity contribution in [2.75, 3.05) is 20.6 Å². The zero-order valence-electron chi connectivity index (χ0n) is 10.2. The van der Waals surface area contributed by atoms with E-state index in [0.29, 0.717) is 12.1 Å². The Hall–Kier alpha value is -0.0800. The number of hydrogen-bond acceptors (Lipinski definition) is 2. The second kappa shape index (κ2) is 5.72. The minimum atomic E-state index is 0.633. The Balaban J connectivity index is 2.17. The zero-order chi connectivity index (χ0) is 10.6. The minimum Gasteiger partial charge on any atom is -0.317 e. The first kappa shape index (κ1) is 12.0. The molecule has 0 aromatic heterocycles. The monoisotopic (exact) mass is 198 g/mol. The Labute approximate surface area is 89.1 Å². The molecule has 0 saturated heterocycles. The maximum atomic E-state index is 3.31. The summed E-state index contributed by atoms with van der Waals surface area (Å²) in [4.78, 5) is 2.53. The number of hydrogen-bond donors (Lipinski definition) is 1. The van der Waals surface area contributed by atoms with Crippen LogP contribution in [0.5, 0.6) is 0 Å². The lowest BCUT2D eigenvalue weighted by Crippen LogP contribution is -2.39. The Morgan fingerprint density at radius 2 is 2.00 bits per heavy atom. The molecule has 2 unspecified atom stereocenters. The van der Waals surface area contributed by atoms with Crippen LogP contribution in [0.2, 0.25) is 0 Å². The number of nitrogens with one attached hydrogen (secondary N) is 1. The largest absolute Gasteiger partial charge is 0.317 e. The highest BCUT2D eigenvalue weighted by atomic mass is 15.1. The van der Waals surface area contributed by atoms with E-state index in [1.807, 2.05) is 7.05 Å². The van der Waals surface area contributed by atoms with Crippen molar-refractivity contribution in [3.63, 3.8) is 0 Å². The minimum absolute atomic E-state index is 0.633. The maximum Gasteiger partial charge on any atom is 0.00786 e. The molecular weight excluding hydrogens is 172 g/mol. The third-order valence-corrected chi connectivity index (χ3v) is 3.71. The fourth-order valence-corrected chi connectivity index (χ4v) is 2.07. The van der Waals surface area contributed by atoms with Gasteiger partial charge in [-0.3, -0.25) is 0 Å². The fourth-order valence-electron chi connectivity index (χ4n) is 2.07. The molecule has 2 heteroatoms. The molecule has 84 valence electrons. The predicted octanol–water partition coefficient (Wildman–Crippen LogP) is 2.10. The fraction of sp³-hybridized carbons (Fsp3) is 1.00. The van der Waals surface area contributed by atoms with E-state index < -0.39 is 0 Å². The van der Waals surface area contributed by atoms with Crippen LogP contribution in [0.25, 0.3) is 0 Å². The van der Waals surface area contributed by atoms with Gasteiger partial charge in [0, 0.05) is 18.6 Å². The molecule has 0 heterocycles. The van der Waals surface area contributed by atoms with E-state index in [0.717, 1.165) is 5.92 Å². The third-order valence-electron chi connectivity index (χ3n) is 3.71.